The Morgan fingerprint density at radius 2 is 2.06 bits per heavy atom. The number of hydrogen-bond donors (Lipinski definition) is 3. The molecule has 0 aliphatic heterocycles. The summed E-state index contributed by atoms with van der Waals surface area (Å²) in [6.45, 7) is 2.88. The second kappa shape index (κ2) is 8.04. The summed E-state index contributed by atoms with van der Waals surface area (Å²) >= 11 is 6.15. The van der Waals surface area contributed by atoms with Crippen LogP contribution in [0.3, 0.4) is 0 Å². The van der Waals surface area contributed by atoms with Gasteiger partial charge in [0.1, 0.15) is 5.83 Å². The summed E-state index contributed by atoms with van der Waals surface area (Å²) in [5, 5.41) is 23.0. The van der Waals surface area contributed by atoms with Gasteiger partial charge in [-0.1, -0.05) is 24.6 Å². The highest BCUT2D eigenvalue weighted by atomic mass is 35.5. The average molecular weight is 492 g/mol. The lowest BCUT2D eigenvalue weighted by Gasteiger charge is -2.42. The monoisotopic (exact) mass is 491 g/mol. The summed E-state index contributed by atoms with van der Waals surface area (Å²) in [6.07, 6.45) is -2.32. The van der Waals surface area contributed by atoms with Gasteiger partial charge in [0, 0.05) is 11.3 Å². The van der Waals surface area contributed by atoms with Gasteiger partial charge < -0.3 is 15.5 Å². The van der Waals surface area contributed by atoms with Gasteiger partial charge in [-0.05, 0) is 61.3 Å². The second-order valence-corrected chi connectivity index (χ2v) is 11.6. The second-order valence-electron chi connectivity index (χ2n) is 9.23. The Kier molecular flexibility index (Phi) is 5.93. The molecule has 5 nitrogen and oxygen atoms in total. The van der Waals surface area contributed by atoms with Gasteiger partial charge in [0.15, 0.2) is 27.9 Å². The van der Waals surface area contributed by atoms with Crippen LogP contribution in [-0.4, -0.2) is 42.3 Å². The van der Waals surface area contributed by atoms with Crippen molar-refractivity contribution in [3.05, 3.63) is 52.5 Å². The Morgan fingerprint density at radius 3 is 2.62 bits per heavy atom. The van der Waals surface area contributed by atoms with Crippen LogP contribution in [0.1, 0.15) is 32.1 Å². The molecule has 1 aromatic rings. The van der Waals surface area contributed by atoms with E-state index in [4.69, 9.17) is 11.6 Å². The molecular formula is C22H25ClF3NO4S. The largest absolute Gasteiger partial charge is 0.393 e. The van der Waals surface area contributed by atoms with Crippen molar-refractivity contribution in [1.82, 2.24) is 5.32 Å². The van der Waals surface area contributed by atoms with Gasteiger partial charge in [-0.3, -0.25) is 0 Å². The van der Waals surface area contributed by atoms with Crippen LogP contribution in [0.5, 0.6) is 0 Å². The van der Waals surface area contributed by atoms with Gasteiger partial charge in [-0.15, -0.1) is 0 Å². The van der Waals surface area contributed by atoms with Crippen LogP contribution in [0.2, 0.25) is 5.02 Å². The maximum absolute atomic E-state index is 14.2. The lowest BCUT2D eigenvalue weighted by atomic mass is 9.65. The summed E-state index contributed by atoms with van der Waals surface area (Å²) in [5.41, 5.74) is -2.67. The third-order valence-electron chi connectivity index (χ3n) is 7.07. The fourth-order valence-electron chi connectivity index (χ4n) is 5.41. The summed E-state index contributed by atoms with van der Waals surface area (Å²) in [4.78, 5) is -0.163. The molecule has 0 spiro atoms. The molecule has 0 amide bonds. The van der Waals surface area contributed by atoms with E-state index in [-0.39, 0.29) is 50.6 Å². The van der Waals surface area contributed by atoms with E-state index in [0.29, 0.717) is 6.42 Å². The Morgan fingerprint density at radius 1 is 1.38 bits per heavy atom. The van der Waals surface area contributed by atoms with E-state index >= 15 is 0 Å². The smallest absolute Gasteiger partial charge is 0.188 e. The SMILES string of the molecule is C[C@@H]1C2C[C@H](O)[C@H]1[C@H]2CS(=O)(=O)c1cc(C(O)NC2=C[C@](C)(F)[C@H](F)C(F)=C2)ccc1Cl. The lowest BCUT2D eigenvalue weighted by molar-refractivity contribution is 0.0319. The fourth-order valence-corrected chi connectivity index (χ4v) is 7.71. The van der Waals surface area contributed by atoms with Crippen molar-refractivity contribution >= 4 is 21.4 Å². The molecule has 2 unspecified atom stereocenters. The van der Waals surface area contributed by atoms with E-state index in [2.05, 4.69) is 5.32 Å². The summed E-state index contributed by atoms with van der Waals surface area (Å²) in [7, 11) is -3.83. The topological polar surface area (TPSA) is 86.6 Å². The highest BCUT2D eigenvalue weighted by Crippen LogP contribution is 2.58. The van der Waals surface area contributed by atoms with E-state index in [9.17, 15) is 31.8 Å². The van der Waals surface area contributed by atoms with Gasteiger partial charge in [0.2, 0.25) is 0 Å². The molecule has 3 fully saturated rings. The van der Waals surface area contributed by atoms with Gasteiger partial charge in [0.25, 0.3) is 0 Å². The number of aliphatic hydroxyl groups excluding tert-OH is 2. The van der Waals surface area contributed by atoms with Gasteiger partial charge in [0.05, 0.1) is 21.8 Å². The zero-order valence-electron chi connectivity index (χ0n) is 17.5. The Hall–Kier alpha value is -1.55. The van der Waals surface area contributed by atoms with E-state index in [1.54, 1.807) is 0 Å². The summed E-state index contributed by atoms with van der Waals surface area (Å²) < 4.78 is 67.7. The van der Waals surface area contributed by atoms with Crippen LogP contribution < -0.4 is 5.32 Å². The van der Waals surface area contributed by atoms with Crippen LogP contribution in [-0.2, 0) is 9.84 Å². The van der Waals surface area contributed by atoms with E-state index in [0.717, 1.165) is 19.1 Å². The van der Waals surface area contributed by atoms with E-state index < -0.39 is 39.8 Å². The summed E-state index contributed by atoms with van der Waals surface area (Å²) in [6, 6.07) is 3.92. The molecular weight excluding hydrogens is 467 g/mol. The molecule has 176 valence electrons. The van der Waals surface area contributed by atoms with Crippen molar-refractivity contribution in [3.8, 4) is 0 Å². The standard InChI is InChI=1S/C22H25ClF3NO4S/c1-10-13-7-17(28)19(10)14(13)9-32(30,31)18-5-11(3-4-15(18)23)21(29)27-12-6-16(24)20(25)22(2,26)8-12/h3-6,8,10,13-14,17,19-21,27-29H,7,9H2,1-2H3/t10-,13?,14+,17+,19-,20-,21?,22+/m1/s1. The minimum absolute atomic E-state index is 0.0133. The molecule has 4 aliphatic carbocycles. The van der Waals surface area contributed by atoms with Crippen molar-refractivity contribution in [3.63, 3.8) is 0 Å². The first kappa shape index (κ1) is 23.6. The molecule has 3 N–H and O–H groups in total. The van der Waals surface area contributed by atoms with Crippen molar-refractivity contribution in [2.75, 3.05) is 5.75 Å². The van der Waals surface area contributed by atoms with Crippen LogP contribution in [0.15, 0.2) is 46.8 Å². The maximum atomic E-state index is 14.2. The first-order valence-electron chi connectivity index (χ1n) is 10.4. The molecule has 5 rings (SSSR count). The molecule has 0 saturated heterocycles. The molecule has 0 radical (unpaired) electrons. The number of fused-ring (bicyclic) bond motifs is 1. The Labute approximate surface area is 189 Å². The molecule has 8 atom stereocenters. The molecule has 4 aliphatic rings. The van der Waals surface area contributed by atoms with E-state index in [1.165, 1.54) is 18.2 Å². The van der Waals surface area contributed by atoms with Crippen molar-refractivity contribution in [2.24, 2.45) is 23.7 Å². The molecule has 3 saturated carbocycles. The van der Waals surface area contributed by atoms with Crippen molar-refractivity contribution in [2.45, 2.75) is 49.3 Å². The zero-order valence-corrected chi connectivity index (χ0v) is 19.0. The fraction of sp³-hybridized carbons (Fsp3) is 0.545. The highest BCUT2D eigenvalue weighted by Gasteiger charge is 2.58. The maximum Gasteiger partial charge on any atom is 0.188 e. The lowest BCUT2D eigenvalue weighted by Crippen LogP contribution is -2.43. The minimum atomic E-state index is -3.83. The Bertz CT molecular complexity index is 1090. The van der Waals surface area contributed by atoms with Gasteiger partial charge in [-0.25, -0.2) is 21.6 Å². The molecule has 2 bridgehead atoms. The quantitative estimate of drug-likeness (QED) is 0.527. The number of rotatable bonds is 6. The predicted octanol–water partition coefficient (Wildman–Crippen LogP) is 3.77. The van der Waals surface area contributed by atoms with E-state index in [1.807, 2.05) is 6.92 Å². The highest BCUT2D eigenvalue weighted by molar-refractivity contribution is 7.91. The number of allylic oxidation sites excluding steroid dienone is 3. The molecule has 10 heteroatoms. The first-order valence-corrected chi connectivity index (χ1v) is 12.4. The zero-order chi connectivity index (χ0) is 23.6. The number of hydrogen-bond acceptors (Lipinski definition) is 5. The number of benzene rings is 1. The first-order chi connectivity index (χ1) is 14.8. The number of nitrogens with one attached hydrogen (secondary N) is 1. The number of sulfone groups is 1. The minimum Gasteiger partial charge on any atom is -0.393 e. The van der Waals surface area contributed by atoms with Crippen LogP contribution in [0.4, 0.5) is 13.2 Å². The van der Waals surface area contributed by atoms with Crippen LogP contribution in [0, 0.1) is 23.7 Å². The van der Waals surface area contributed by atoms with Crippen LogP contribution >= 0.6 is 11.6 Å². The van der Waals surface area contributed by atoms with Gasteiger partial charge in [-0.2, -0.15) is 0 Å². The van der Waals surface area contributed by atoms with Gasteiger partial charge >= 0.3 is 0 Å². The summed E-state index contributed by atoms with van der Waals surface area (Å²) in [5.74, 6) is -1.26. The molecule has 32 heavy (non-hydrogen) atoms. The molecule has 0 heterocycles. The molecule has 1 aromatic carbocycles. The number of alkyl halides is 2. The molecule has 0 aromatic heterocycles. The average Bonchev–Trinajstić information content (AvgIpc) is 3.18. The van der Waals surface area contributed by atoms with Crippen LogP contribution in [0.25, 0.3) is 0 Å². The van der Waals surface area contributed by atoms with Crippen molar-refractivity contribution < 1.29 is 31.8 Å². The Balaban J connectivity index is 1.54. The third-order valence-corrected chi connectivity index (χ3v) is 9.35. The predicted molar refractivity (Wildman–Crippen MR) is 114 cm³/mol. The normalized spacial score (nSPS) is 37.4. The number of aliphatic hydroxyl groups is 2. The van der Waals surface area contributed by atoms with Crippen molar-refractivity contribution in [1.29, 1.82) is 0 Å². The number of halogens is 4. The third kappa shape index (κ3) is 3.97.